The number of phenols is 1. The number of likely N-dealkylation sites (N-methyl/N-ethyl adjacent to an activating group) is 1. The van der Waals surface area contributed by atoms with E-state index in [0.717, 1.165) is 5.56 Å². The Kier molecular flexibility index (Phi) is 5.18. The molecule has 3 aliphatic rings. The number of carbonyl (C=O) groups excluding carboxylic acids is 3. The highest BCUT2D eigenvalue weighted by atomic mass is 16.3. The first kappa shape index (κ1) is 23.0. The number of carbonyl (C=O) groups is 3. The maximum absolute atomic E-state index is 13.6. The highest BCUT2D eigenvalue weighted by Gasteiger charge is 2.63. The molecule has 1 amide bonds. The molecule has 0 saturated heterocycles. The number of aryl methyl sites for hydroxylation is 2. The lowest BCUT2D eigenvalue weighted by Gasteiger charge is -2.50. The van der Waals surface area contributed by atoms with Gasteiger partial charge in [-0.25, -0.2) is 0 Å². The van der Waals surface area contributed by atoms with E-state index in [1.807, 2.05) is 13.0 Å². The van der Waals surface area contributed by atoms with E-state index in [9.17, 15) is 34.8 Å². The molecule has 176 valence electrons. The van der Waals surface area contributed by atoms with Gasteiger partial charge < -0.3 is 26.2 Å². The normalized spacial score (nSPS) is 29.2. The molecule has 9 nitrogen and oxygen atoms in total. The fourth-order valence-corrected chi connectivity index (χ4v) is 5.86. The van der Waals surface area contributed by atoms with Crippen LogP contribution in [0.4, 0.5) is 0 Å². The zero-order chi connectivity index (χ0) is 24.6. The summed E-state index contributed by atoms with van der Waals surface area (Å²) in [5.41, 5.74) is 3.91. The smallest absolute Gasteiger partial charge is 0.255 e. The molecule has 1 aromatic rings. The van der Waals surface area contributed by atoms with Gasteiger partial charge in [0, 0.05) is 11.5 Å². The van der Waals surface area contributed by atoms with Gasteiger partial charge in [-0.1, -0.05) is 13.0 Å². The number of amides is 1. The second-order valence-electron chi connectivity index (χ2n) is 9.37. The Morgan fingerprint density at radius 2 is 1.88 bits per heavy atom. The number of aliphatic hydroxyl groups excluding tert-OH is 2. The van der Waals surface area contributed by atoms with Crippen molar-refractivity contribution in [1.82, 2.24) is 4.90 Å². The van der Waals surface area contributed by atoms with E-state index in [1.165, 1.54) is 4.90 Å². The van der Waals surface area contributed by atoms with Crippen LogP contribution in [0.3, 0.4) is 0 Å². The van der Waals surface area contributed by atoms with Crippen molar-refractivity contribution in [1.29, 1.82) is 0 Å². The fraction of sp³-hybridized carbons (Fsp3) is 0.458. The van der Waals surface area contributed by atoms with Gasteiger partial charge in [0.2, 0.25) is 5.78 Å². The van der Waals surface area contributed by atoms with E-state index < -0.39 is 58.0 Å². The minimum Gasteiger partial charge on any atom is -0.510 e. The Bertz CT molecular complexity index is 1180. The van der Waals surface area contributed by atoms with Crippen molar-refractivity contribution in [2.24, 2.45) is 17.6 Å². The summed E-state index contributed by atoms with van der Waals surface area (Å²) in [7, 11) is 3.20. The number of rotatable bonds is 3. The van der Waals surface area contributed by atoms with E-state index in [0.29, 0.717) is 24.0 Å². The molecule has 6 N–H and O–H groups in total. The van der Waals surface area contributed by atoms with E-state index >= 15 is 0 Å². The van der Waals surface area contributed by atoms with Gasteiger partial charge in [0.15, 0.2) is 11.4 Å². The van der Waals surface area contributed by atoms with Crippen LogP contribution in [0.25, 0.3) is 0 Å². The molecule has 2 unspecified atom stereocenters. The average Bonchev–Trinajstić information content (AvgIpc) is 2.72. The lowest BCUT2D eigenvalue weighted by atomic mass is 9.58. The topological polar surface area (TPSA) is 161 Å². The Morgan fingerprint density at radius 3 is 2.42 bits per heavy atom. The Hall–Kier alpha value is -3.17. The number of ketones is 2. The van der Waals surface area contributed by atoms with Crippen molar-refractivity contribution in [3.8, 4) is 5.75 Å². The summed E-state index contributed by atoms with van der Waals surface area (Å²) in [5.74, 6) is -6.32. The molecule has 0 radical (unpaired) electrons. The molecular weight excluding hydrogens is 428 g/mol. The zero-order valence-corrected chi connectivity index (χ0v) is 19.0. The molecule has 0 saturated carbocycles. The summed E-state index contributed by atoms with van der Waals surface area (Å²) in [6.45, 7) is 3.61. The maximum atomic E-state index is 13.6. The summed E-state index contributed by atoms with van der Waals surface area (Å²) in [6, 6.07) is 0.836. The molecule has 1 aromatic carbocycles. The largest absolute Gasteiger partial charge is 0.510 e. The molecule has 4 rings (SSSR count). The number of aliphatic hydroxyl groups is 3. The van der Waals surface area contributed by atoms with Gasteiger partial charge in [0.1, 0.15) is 22.8 Å². The lowest BCUT2D eigenvalue weighted by molar-refractivity contribution is -0.148. The second kappa shape index (κ2) is 7.43. The average molecular weight is 456 g/mol. The summed E-state index contributed by atoms with van der Waals surface area (Å²) < 4.78 is 0. The Labute approximate surface area is 190 Å². The highest BCUT2D eigenvalue weighted by molar-refractivity contribution is 6.24. The first-order chi connectivity index (χ1) is 15.4. The third-order valence-electron chi connectivity index (χ3n) is 7.39. The molecule has 4 atom stereocenters. The SMILES string of the molecule is CCc1cc(C)c(O)c2c1CC1CC3[C@H](N(C)C)C(O)=C(C(N)=O)C(=O)[C@@]3(O)C(O)=C1C2=O. The number of allylic oxidation sites excluding steroid dienone is 1. The molecule has 3 aliphatic carbocycles. The summed E-state index contributed by atoms with van der Waals surface area (Å²) in [5, 5.41) is 44.2. The molecular formula is C24H28N2O7. The number of nitrogens with zero attached hydrogens (tertiary/aromatic N) is 1. The standard InChI is InChI=1S/C24H28N2O7/c1-5-10-6-9(2)18(27)15-12(10)7-11-8-13-17(26(3)4)20(29)16(23(25)32)22(31)24(13,33)21(30)14(11)19(15)28/h6,11,13,17,27,29-30,33H,5,7-8H2,1-4H3,(H2,25,32)/t11?,13?,17-,24-/m0/s1. The number of aromatic hydroxyl groups is 1. The third-order valence-corrected chi connectivity index (χ3v) is 7.39. The van der Waals surface area contributed by atoms with Gasteiger partial charge in [-0.15, -0.1) is 0 Å². The number of Topliss-reactive ketones (excluding diaryl/α,β-unsaturated/α-hetero) is 2. The number of primary amides is 1. The second-order valence-corrected chi connectivity index (χ2v) is 9.37. The lowest BCUT2D eigenvalue weighted by Crippen LogP contribution is -2.63. The van der Waals surface area contributed by atoms with Gasteiger partial charge >= 0.3 is 0 Å². The molecule has 0 heterocycles. The predicted molar refractivity (Wildman–Crippen MR) is 118 cm³/mol. The van der Waals surface area contributed by atoms with Crippen LogP contribution in [0.5, 0.6) is 5.75 Å². The van der Waals surface area contributed by atoms with Crippen LogP contribution in [0.15, 0.2) is 28.7 Å². The van der Waals surface area contributed by atoms with Crippen molar-refractivity contribution in [3.63, 3.8) is 0 Å². The number of phenolic OH excluding ortho intramolecular Hbond substituents is 1. The Balaban J connectivity index is 1.99. The molecule has 33 heavy (non-hydrogen) atoms. The number of fused-ring (bicyclic) bond motifs is 3. The van der Waals surface area contributed by atoms with Gasteiger partial charge in [0.05, 0.1) is 11.6 Å². The monoisotopic (exact) mass is 456 g/mol. The number of hydrogen-bond donors (Lipinski definition) is 5. The van der Waals surface area contributed by atoms with Crippen LogP contribution in [0.2, 0.25) is 0 Å². The molecule has 9 heteroatoms. The molecule has 0 spiro atoms. The first-order valence-corrected chi connectivity index (χ1v) is 10.9. The minimum atomic E-state index is -2.61. The minimum absolute atomic E-state index is 0.0626. The maximum Gasteiger partial charge on any atom is 0.255 e. The fourth-order valence-electron chi connectivity index (χ4n) is 5.86. The third kappa shape index (κ3) is 2.88. The highest BCUT2D eigenvalue weighted by Crippen LogP contribution is 2.52. The van der Waals surface area contributed by atoms with Crippen LogP contribution in [-0.2, 0) is 22.4 Å². The number of nitrogens with two attached hydrogens (primary N) is 1. The predicted octanol–water partition coefficient (Wildman–Crippen LogP) is 0.991. The van der Waals surface area contributed by atoms with Crippen LogP contribution in [0, 0.1) is 18.8 Å². The van der Waals surface area contributed by atoms with Crippen molar-refractivity contribution < 1.29 is 34.8 Å². The van der Waals surface area contributed by atoms with E-state index in [1.54, 1.807) is 21.0 Å². The van der Waals surface area contributed by atoms with E-state index in [4.69, 9.17) is 5.73 Å². The summed E-state index contributed by atoms with van der Waals surface area (Å²) in [6.07, 6.45) is 1.03. The molecule has 0 bridgehead atoms. The van der Waals surface area contributed by atoms with Gasteiger partial charge in [0.25, 0.3) is 5.91 Å². The summed E-state index contributed by atoms with van der Waals surface area (Å²) >= 11 is 0. The first-order valence-electron chi connectivity index (χ1n) is 10.9. The van der Waals surface area contributed by atoms with Crippen molar-refractivity contribution in [2.75, 3.05) is 14.1 Å². The van der Waals surface area contributed by atoms with Crippen LogP contribution >= 0.6 is 0 Å². The Morgan fingerprint density at radius 1 is 1.24 bits per heavy atom. The molecule has 0 aliphatic heterocycles. The number of hydrogen-bond acceptors (Lipinski definition) is 8. The molecule has 0 aromatic heterocycles. The van der Waals surface area contributed by atoms with Crippen LogP contribution < -0.4 is 5.73 Å². The van der Waals surface area contributed by atoms with Crippen LogP contribution in [0.1, 0.15) is 40.4 Å². The number of benzene rings is 1. The van der Waals surface area contributed by atoms with Crippen LogP contribution in [-0.4, -0.2) is 68.5 Å². The van der Waals surface area contributed by atoms with E-state index in [-0.39, 0.29) is 23.3 Å². The van der Waals surface area contributed by atoms with Gasteiger partial charge in [-0.2, -0.15) is 0 Å². The van der Waals surface area contributed by atoms with Gasteiger partial charge in [-0.3, -0.25) is 19.3 Å². The van der Waals surface area contributed by atoms with Crippen molar-refractivity contribution in [3.05, 3.63) is 51.0 Å². The molecule has 0 fully saturated rings. The van der Waals surface area contributed by atoms with Gasteiger partial charge in [-0.05, 0) is 62.9 Å². The zero-order valence-electron chi connectivity index (χ0n) is 19.0. The van der Waals surface area contributed by atoms with Crippen molar-refractivity contribution in [2.45, 2.75) is 44.8 Å². The van der Waals surface area contributed by atoms with Crippen molar-refractivity contribution >= 4 is 17.5 Å². The van der Waals surface area contributed by atoms with E-state index in [2.05, 4.69) is 0 Å². The summed E-state index contributed by atoms with van der Waals surface area (Å²) in [4.78, 5) is 40.3. The quantitative estimate of drug-likeness (QED) is 0.421.